The molecule has 0 unspecified atom stereocenters. The van der Waals surface area contributed by atoms with Crippen LogP contribution < -0.4 is 14.4 Å². The Morgan fingerprint density at radius 2 is 1.85 bits per heavy atom. The normalized spacial score (nSPS) is 11.2. The van der Waals surface area contributed by atoms with Gasteiger partial charge in [0.1, 0.15) is 10.6 Å². The number of carbonyl (C=O) groups excluding carboxylic acids is 1. The van der Waals surface area contributed by atoms with E-state index in [4.69, 9.17) is 4.74 Å². The monoisotopic (exact) mass is 376 g/mol. The van der Waals surface area contributed by atoms with Crippen molar-refractivity contribution in [2.75, 3.05) is 25.1 Å². The zero-order chi connectivity index (χ0) is 19.3. The molecule has 26 heavy (non-hydrogen) atoms. The summed E-state index contributed by atoms with van der Waals surface area (Å²) in [4.78, 5) is 13.6. The molecule has 0 saturated heterocycles. The van der Waals surface area contributed by atoms with Gasteiger partial charge in [-0.3, -0.25) is 4.79 Å². The van der Waals surface area contributed by atoms with Gasteiger partial charge in [0.05, 0.1) is 7.11 Å². The third-order valence-electron chi connectivity index (χ3n) is 4.02. The van der Waals surface area contributed by atoms with Crippen molar-refractivity contribution in [2.24, 2.45) is 0 Å². The topological polar surface area (TPSA) is 75.7 Å². The van der Waals surface area contributed by atoms with Gasteiger partial charge in [0.15, 0.2) is 0 Å². The molecule has 2 aromatic carbocycles. The average molecular weight is 376 g/mol. The maximum absolute atomic E-state index is 12.6. The van der Waals surface area contributed by atoms with Crippen molar-refractivity contribution >= 4 is 21.6 Å². The van der Waals surface area contributed by atoms with Crippen LogP contribution in [-0.4, -0.2) is 34.5 Å². The highest BCUT2D eigenvalue weighted by molar-refractivity contribution is 7.89. The van der Waals surface area contributed by atoms with Crippen LogP contribution in [0, 0.1) is 13.8 Å². The predicted octanol–water partition coefficient (Wildman–Crippen LogP) is 2.64. The Hall–Kier alpha value is -2.38. The van der Waals surface area contributed by atoms with Crippen LogP contribution in [0.1, 0.15) is 18.1 Å². The van der Waals surface area contributed by atoms with Crippen molar-refractivity contribution in [1.29, 1.82) is 0 Å². The fourth-order valence-electron chi connectivity index (χ4n) is 2.68. The number of rotatable bonds is 7. The predicted molar refractivity (Wildman–Crippen MR) is 102 cm³/mol. The third-order valence-corrected chi connectivity index (χ3v) is 5.50. The lowest BCUT2D eigenvalue weighted by molar-refractivity contribution is -0.116. The summed E-state index contributed by atoms with van der Waals surface area (Å²) in [5.41, 5.74) is 2.54. The standard InChI is InChI=1S/C19H24N2O4S/c1-14-9-10-18(25-4)19(13-14)26(23,24)20-11-12-21(16(3)22)17-8-6-5-7-15(17)2/h5-10,13,20H,11-12H2,1-4H3. The first-order valence-electron chi connectivity index (χ1n) is 8.24. The number of amides is 1. The van der Waals surface area contributed by atoms with E-state index in [-0.39, 0.29) is 29.6 Å². The summed E-state index contributed by atoms with van der Waals surface area (Å²) in [6.45, 7) is 5.51. The lowest BCUT2D eigenvalue weighted by atomic mass is 10.2. The van der Waals surface area contributed by atoms with Gasteiger partial charge in [0.25, 0.3) is 0 Å². The molecule has 6 nitrogen and oxygen atoms in total. The van der Waals surface area contributed by atoms with Gasteiger partial charge in [-0.15, -0.1) is 0 Å². The molecular formula is C19H24N2O4S. The highest BCUT2D eigenvalue weighted by Gasteiger charge is 2.20. The van der Waals surface area contributed by atoms with Crippen molar-refractivity contribution in [3.63, 3.8) is 0 Å². The van der Waals surface area contributed by atoms with Gasteiger partial charge >= 0.3 is 0 Å². The van der Waals surface area contributed by atoms with Crippen molar-refractivity contribution in [1.82, 2.24) is 4.72 Å². The molecule has 1 amide bonds. The fraction of sp³-hybridized carbons (Fsp3) is 0.316. The van der Waals surface area contributed by atoms with Crippen LogP contribution in [0.15, 0.2) is 47.4 Å². The van der Waals surface area contributed by atoms with E-state index >= 15 is 0 Å². The Kier molecular flexibility index (Phi) is 6.39. The summed E-state index contributed by atoms with van der Waals surface area (Å²) in [5, 5.41) is 0. The van der Waals surface area contributed by atoms with E-state index in [0.29, 0.717) is 0 Å². The molecule has 0 atom stereocenters. The second-order valence-corrected chi connectivity index (χ2v) is 7.74. The number of nitrogens with zero attached hydrogens (tertiary/aromatic N) is 1. The first-order chi connectivity index (χ1) is 12.3. The zero-order valence-corrected chi connectivity index (χ0v) is 16.3. The minimum atomic E-state index is -3.75. The number of sulfonamides is 1. The summed E-state index contributed by atoms with van der Waals surface area (Å²) >= 11 is 0. The number of benzene rings is 2. The Morgan fingerprint density at radius 3 is 2.46 bits per heavy atom. The lowest BCUT2D eigenvalue weighted by Gasteiger charge is -2.23. The molecule has 2 rings (SSSR count). The molecule has 0 radical (unpaired) electrons. The van der Waals surface area contributed by atoms with Gasteiger partial charge < -0.3 is 9.64 Å². The van der Waals surface area contributed by atoms with Gasteiger partial charge in [-0.25, -0.2) is 13.1 Å². The van der Waals surface area contributed by atoms with E-state index in [2.05, 4.69) is 4.72 Å². The Morgan fingerprint density at radius 1 is 1.15 bits per heavy atom. The number of hydrogen-bond donors (Lipinski definition) is 1. The number of nitrogens with one attached hydrogen (secondary N) is 1. The van der Waals surface area contributed by atoms with Crippen molar-refractivity contribution in [3.05, 3.63) is 53.6 Å². The van der Waals surface area contributed by atoms with E-state index in [9.17, 15) is 13.2 Å². The Balaban J connectivity index is 2.16. The van der Waals surface area contributed by atoms with Crippen LogP contribution in [0.3, 0.4) is 0 Å². The van der Waals surface area contributed by atoms with Crippen LogP contribution in [0.25, 0.3) is 0 Å². The summed E-state index contributed by atoms with van der Waals surface area (Å²) in [6.07, 6.45) is 0. The number of anilines is 1. The first kappa shape index (κ1) is 19.9. The van der Waals surface area contributed by atoms with Crippen molar-refractivity contribution in [2.45, 2.75) is 25.7 Å². The lowest BCUT2D eigenvalue weighted by Crippen LogP contribution is -2.38. The number of methoxy groups -OCH3 is 1. The summed E-state index contributed by atoms with van der Waals surface area (Å²) in [5.74, 6) is 0.136. The molecule has 0 bridgehead atoms. The molecule has 0 heterocycles. The van der Waals surface area contributed by atoms with Crippen molar-refractivity contribution in [3.8, 4) is 5.75 Å². The molecule has 0 saturated carbocycles. The molecule has 0 aliphatic carbocycles. The highest BCUT2D eigenvalue weighted by Crippen LogP contribution is 2.24. The smallest absolute Gasteiger partial charge is 0.244 e. The zero-order valence-electron chi connectivity index (χ0n) is 15.4. The molecule has 0 aliphatic rings. The Bertz CT molecular complexity index is 894. The number of carbonyl (C=O) groups is 1. The fourth-order valence-corrected chi connectivity index (χ4v) is 3.95. The molecule has 140 valence electrons. The van der Waals surface area contributed by atoms with E-state index < -0.39 is 10.0 Å². The SMILES string of the molecule is COc1ccc(C)cc1S(=O)(=O)NCCN(C(C)=O)c1ccccc1C. The summed E-state index contributed by atoms with van der Waals surface area (Å²) < 4.78 is 33.0. The molecule has 2 aromatic rings. The molecule has 0 fully saturated rings. The third kappa shape index (κ3) is 4.62. The minimum absolute atomic E-state index is 0.0882. The minimum Gasteiger partial charge on any atom is -0.495 e. The number of ether oxygens (including phenoxy) is 1. The molecule has 0 spiro atoms. The van der Waals surface area contributed by atoms with Gasteiger partial charge in [0, 0.05) is 25.7 Å². The Labute approximate surface area is 154 Å². The van der Waals surface area contributed by atoms with Crippen LogP contribution >= 0.6 is 0 Å². The second-order valence-electron chi connectivity index (χ2n) is 6.01. The largest absolute Gasteiger partial charge is 0.495 e. The van der Waals surface area contributed by atoms with Crippen LogP contribution in [0.5, 0.6) is 5.75 Å². The van der Waals surface area contributed by atoms with Gasteiger partial charge in [-0.2, -0.15) is 0 Å². The van der Waals surface area contributed by atoms with Gasteiger partial charge in [-0.1, -0.05) is 24.3 Å². The molecule has 7 heteroatoms. The van der Waals surface area contributed by atoms with Gasteiger partial charge in [0.2, 0.25) is 15.9 Å². The molecule has 0 aliphatic heterocycles. The van der Waals surface area contributed by atoms with Gasteiger partial charge in [-0.05, 0) is 43.2 Å². The summed E-state index contributed by atoms with van der Waals surface area (Å²) in [7, 11) is -2.32. The van der Waals surface area contributed by atoms with Crippen LogP contribution in [0.4, 0.5) is 5.69 Å². The van der Waals surface area contributed by atoms with Crippen molar-refractivity contribution < 1.29 is 17.9 Å². The number of hydrogen-bond acceptors (Lipinski definition) is 4. The number of aryl methyl sites for hydroxylation is 2. The molecule has 0 aromatic heterocycles. The molecule has 1 N–H and O–H groups in total. The van der Waals surface area contributed by atoms with E-state index in [1.807, 2.05) is 38.1 Å². The van der Waals surface area contributed by atoms with Crippen LogP contribution in [-0.2, 0) is 14.8 Å². The second kappa shape index (κ2) is 8.33. The summed E-state index contributed by atoms with van der Waals surface area (Å²) in [6, 6.07) is 12.5. The maximum atomic E-state index is 12.6. The first-order valence-corrected chi connectivity index (χ1v) is 9.72. The van der Waals surface area contributed by atoms with E-state index in [1.54, 1.807) is 23.1 Å². The van der Waals surface area contributed by atoms with E-state index in [0.717, 1.165) is 16.8 Å². The van der Waals surface area contributed by atoms with Crippen LogP contribution in [0.2, 0.25) is 0 Å². The maximum Gasteiger partial charge on any atom is 0.244 e. The average Bonchev–Trinajstić information content (AvgIpc) is 2.59. The highest BCUT2D eigenvalue weighted by atomic mass is 32.2. The quantitative estimate of drug-likeness (QED) is 0.806. The molecular weight excluding hydrogens is 352 g/mol. The number of para-hydroxylation sites is 1. The van der Waals surface area contributed by atoms with E-state index in [1.165, 1.54) is 14.0 Å².